The van der Waals surface area contributed by atoms with Gasteiger partial charge in [-0.2, -0.15) is 0 Å². The summed E-state index contributed by atoms with van der Waals surface area (Å²) in [5, 5.41) is 5.21. The molecule has 5 nitrogen and oxygen atoms in total. The SMILES string of the molecule is COc1ccc(OCC(=O)NC(C)c2ccc3ccccc3c2)c(C(C)=O)c1. The summed E-state index contributed by atoms with van der Waals surface area (Å²) in [6, 6.07) is 19.0. The standard InChI is InChI=1S/C23H23NO4/c1-15(18-9-8-17-6-4-5-7-19(17)12-18)24-23(26)14-28-22-11-10-20(27-3)13-21(22)16(2)25/h4-13,15H,14H2,1-3H3,(H,24,26). The Kier molecular flexibility index (Phi) is 5.94. The van der Waals surface area contributed by atoms with Gasteiger partial charge in [0.1, 0.15) is 11.5 Å². The zero-order valence-electron chi connectivity index (χ0n) is 16.2. The molecule has 0 aromatic heterocycles. The number of hydrogen-bond acceptors (Lipinski definition) is 4. The summed E-state index contributed by atoms with van der Waals surface area (Å²) in [4.78, 5) is 24.1. The molecule has 3 aromatic carbocycles. The van der Waals surface area contributed by atoms with Crippen LogP contribution in [0.5, 0.6) is 11.5 Å². The molecule has 3 rings (SSSR count). The van der Waals surface area contributed by atoms with Gasteiger partial charge in [0.05, 0.1) is 18.7 Å². The minimum Gasteiger partial charge on any atom is -0.497 e. The number of ether oxygens (including phenoxy) is 2. The Bertz CT molecular complexity index is 1010. The predicted octanol–water partition coefficient (Wildman–Crippen LogP) is 4.31. The summed E-state index contributed by atoms with van der Waals surface area (Å²) in [7, 11) is 1.53. The van der Waals surface area contributed by atoms with Crippen LogP contribution in [-0.4, -0.2) is 25.4 Å². The number of amides is 1. The maximum atomic E-state index is 12.3. The lowest BCUT2D eigenvalue weighted by Gasteiger charge is -2.16. The molecular weight excluding hydrogens is 354 g/mol. The largest absolute Gasteiger partial charge is 0.497 e. The predicted molar refractivity (Wildman–Crippen MR) is 109 cm³/mol. The van der Waals surface area contributed by atoms with Gasteiger partial charge in [-0.15, -0.1) is 0 Å². The average molecular weight is 377 g/mol. The molecule has 0 spiro atoms. The Labute approximate surface area is 164 Å². The third kappa shape index (κ3) is 4.49. The average Bonchev–Trinajstić information content (AvgIpc) is 2.71. The van der Waals surface area contributed by atoms with Crippen molar-refractivity contribution >= 4 is 22.5 Å². The van der Waals surface area contributed by atoms with E-state index in [9.17, 15) is 9.59 Å². The van der Waals surface area contributed by atoms with Gasteiger partial charge in [0.25, 0.3) is 5.91 Å². The first-order chi connectivity index (χ1) is 13.5. The molecule has 0 heterocycles. The number of carbonyl (C=O) groups excluding carboxylic acids is 2. The molecule has 1 atom stereocenters. The first-order valence-electron chi connectivity index (χ1n) is 9.08. The van der Waals surface area contributed by atoms with Crippen LogP contribution in [0.2, 0.25) is 0 Å². The van der Waals surface area contributed by atoms with Crippen LogP contribution in [0.25, 0.3) is 10.8 Å². The Hall–Kier alpha value is -3.34. The van der Waals surface area contributed by atoms with Crippen molar-refractivity contribution in [1.29, 1.82) is 0 Å². The molecule has 0 saturated heterocycles. The zero-order valence-corrected chi connectivity index (χ0v) is 16.2. The van der Waals surface area contributed by atoms with Gasteiger partial charge in [-0.3, -0.25) is 9.59 Å². The van der Waals surface area contributed by atoms with E-state index < -0.39 is 0 Å². The van der Waals surface area contributed by atoms with Crippen molar-refractivity contribution in [2.24, 2.45) is 0 Å². The van der Waals surface area contributed by atoms with Crippen LogP contribution in [0.4, 0.5) is 0 Å². The summed E-state index contributed by atoms with van der Waals surface area (Å²) in [6.07, 6.45) is 0. The highest BCUT2D eigenvalue weighted by Crippen LogP contribution is 2.25. The quantitative estimate of drug-likeness (QED) is 0.623. The van der Waals surface area contributed by atoms with Crippen molar-refractivity contribution < 1.29 is 19.1 Å². The van der Waals surface area contributed by atoms with Gasteiger partial charge in [-0.05, 0) is 54.4 Å². The van der Waals surface area contributed by atoms with Gasteiger partial charge in [0.2, 0.25) is 0 Å². The maximum absolute atomic E-state index is 12.3. The first kappa shape index (κ1) is 19.4. The van der Waals surface area contributed by atoms with E-state index in [2.05, 4.69) is 17.4 Å². The van der Waals surface area contributed by atoms with E-state index in [0.29, 0.717) is 17.1 Å². The summed E-state index contributed by atoms with van der Waals surface area (Å²) in [5.74, 6) is 0.513. The fourth-order valence-corrected chi connectivity index (χ4v) is 3.02. The molecule has 1 amide bonds. The Morgan fingerprint density at radius 2 is 1.75 bits per heavy atom. The molecule has 0 aliphatic heterocycles. The van der Waals surface area contributed by atoms with Crippen molar-refractivity contribution in [3.63, 3.8) is 0 Å². The van der Waals surface area contributed by atoms with E-state index in [1.807, 2.05) is 37.3 Å². The number of carbonyl (C=O) groups is 2. The molecule has 1 N–H and O–H groups in total. The lowest BCUT2D eigenvalue weighted by molar-refractivity contribution is -0.123. The van der Waals surface area contributed by atoms with Crippen molar-refractivity contribution in [3.05, 3.63) is 71.8 Å². The normalized spacial score (nSPS) is 11.7. The molecule has 144 valence electrons. The second-order valence-corrected chi connectivity index (χ2v) is 6.60. The van der Waals surface area contributed by atoms with E-state index in [1.165, 1.54) is 14.0 Å². The second-order valence-electron chi connectivity index (χ2n) is 6.60. The van der Waals surface area contributed by atoms with Gasteiger partial charge in [-0.25, -0.2) is 0 Å². The molecule has 3 aromatic rings. The van der Waals surface area contributed by atoms with Crippen LogP contribution in [-0.2, 0) is 4.79 Å². The van der Waals surface area contributed by atoms with Gasteiger partial charge >= 0.3 is 0 Å². The Balaban J connectivity index is 1.64. The van der Waals surface area contributed by atoms with Gasteiger partial charge in [-0.1, -0.05) is 36.4 Å². The molecule has 0 aliphatic rings. The molecular formula is C23H23NO4. The number of hydrogen-bond donors (Lipinski definition) is 1. The number of fused-ring (bicyclic) bond motifs is 1. The monoisotopic (exact) mass is 377 g/mol. The highest BCUT2D eigenvalue weighted by Gasteiger charge is 2.14. The molecule has 0 saturated carbocycles. The van der Waals surface area contributed by atoms with Gasteiger partial charge in [0, 0.05) is 0 Å². The third-order valence-electron chi connectivity index (χ3n) is 4.58. The number of ketones is 1. The fourth-order valence-electron chi connectivity index (χ4n) is 3.02. The molecule has 0 aliphatic carbocycles. The van der Waals surface area contributed by atoms with Crippen molar-refractivity contribution in [2.75, 3.05) is 13.7 Å². The van der Waals surface area contributed by atoms with E-state index in [-0.39, 0.29) is 24.3 Å². The third-order valence-corrected chi connectivity index (χ3v) is 4.58. The van der Waals surface area contributed by atoms with E-state index in [4.69, 9.17) is 9.47 Å². The van der Waals surface area contributed by atoms with E-state index in [0.717, 1.165) is 16.3 Å². The number of methoxy groups -OCH3 is 1. The van der Waals surface area contributed by atoms with Gasteiger partial charge < -0.3 is 14.8 Å². The van der Waals surface area contributed by atoms with Crippen LogP contribution in [0.3, 0.4) is 0 Å². The topological polar surface area (TPSA) is 64.6 Å². The summed E-state index contributed by atoms with van der Waals surface area (Å²) in [5.41, 5.74) is 1.40. The smallest absolute Gasteiger partial charge is 0.258 e. The Morgan fingerprint density at radius 1 is 1.00 bits per heavy atom. The first-order valence-corrected chi connectivity index (χ1v) is 9.08. The van der Waals surface area contributed by atoms with Crippen molar-refractivity contribution in [2.45, 2.75) is 19.9 Å². The summed E-state index contributed by atoms with van der Waals surface area (Å²) in [6.45, 7) is 3.20. The molecule has 0 bridgehead atoms. The lowest BCUT2D eigenvalue weighted by atomic mass is 10.0. The number of rotatable bonds is 7. The molecule has 0 radical (unpaired) electrons. The van der Waals surface area contributed by atoms with E-state index >= 15 is 0 Å². The number of nitrogens with one attached hydrogen (secondary N) is 1. The van der Waals surface area contributed by atoms with Crippen LogP contribution in [0.15, 0.2) is 60.7 Å². The van der Waals surface area contributed by atoms with Gasteiger partial charge in [0.15, 0.2) is 12.4 Å². The number of benzene rings is 3. The van der Waals surface area contributed by atoms with Crippen molar-refractivity contribution in [3.8, 4) is 11.5 Å². The lowest BCUT2D eigenvalue weighted by Crippen LogP contribution is -2.31. The minimum absolute atomic E-state index is 0.154. The van der Waals surface area contributed by atoms with Crippen LogP contribution >= 0.6 is 0 Å². The maximum Gasteiger partial charge on any atom is 0.258 e. The van der Waals surface area contributed by atoms with Crippen LogP contribution in [0, 0.1) is 0 Å². The number of Topliss-reactive ketones (excluding diaryl/α,β-unsaturated/α-hetero) is 1. The summed E-state index contributed by atoms with van der Waals surface area (Å²) < 4.78 is 10.7. The minimum atomic E-state index is -0.258. The molecule has 1 unspecified atom stereocenters. The van der Waals surface area contributed by atoms with E-state index in [1.54, 1.807) is 18.2 Å². The highest BCUT2D eigenvalue weighted by atomic mass is 16.5. The Morgan fingerprint density at radius 3 is 2.46 bits per heavy atom. The molecule has 5 heteroatoms. The van der Waals surface area contributed by atoms with Crippen LogP contribution < -0.4 is 14.8 Å². The zero-order chi connectivity index (χ0) is 20.1. The highest BCUT2D eigenvalue weighted by molar-refractivity contribution is 5.97. The second kappa shape index (κ2) is 8.57. The molecule has 0 fully saturated rings. The summed E-state index contributed by atoms with van der Waals surface area (Å²) >= 11 is 0. The van der Waals surface area contributed by atoms with Crippen molar-refractivity contribution in [1.82, 2.24) is 5.32 Å². The fraction of sp³-hybridized carbons (Fsp3) is 0.217. The molecule has 28 heavy (non-hydrogen) atoms. The van der Waals surface area contributed by atoms with Crippen LogP contribution in [0.1, 0.15) is 35.8 Å².